The van der Waals surface area contributed by atoms with Gasteiger partial charge in [-0.2, -0.15) is 0 Å². The molecule has 0 unspecified atom stereocenters. The highest BCUT2D eigenvalue weighted by molar-refractivity contribution is 5.74. The lowest BCUT2D eigenvalue weighted by molar-refractivity contribution is 0.193. The van der Waals surface area contributed by atoms with E-state index in [-0.39, 0.29) is 12.1 Å². The molecule has 1 aromatic rings. The maximum atomic E-state index is 12.3. The number of hydrogen-bond donors (Lipinski definition) is 1. The van der Waals surface area contributed by atoms with Crippen LogP contribution in [0.4, 0.5) is 4.79 Å². The minimum atomic E-state index is -0.172. The van der Waals surface area contributed by atoms with Crippen LogP contribution in [0.25, 0.3) is 0 Å². The Bertz CT molecular complexity index is 436. The predicted molar refractivity (Wildman–Crippen MR) is 75.2 cm³/mol. The van der Waals surface area contributed by atoms with E-state index in [9.17, 15) is 4.79 Å². The molecule has 0 aromatic carbocycles. The van der Waals surface area contributed by atoms with Crippen molar-refractivity contribution in [2.24, 2.45) is 0 Å². The highest BCUT2D eigenvalue weighted by Gasteiger charge is 2.30. The highest BCUT2D eigenvalue weighted by atomic mass is 16.2. The van der Waals surface area contributed by atoms with Crippen LogP contribution in [0.1, 0.15) is 64.4 Å². The summed E-state index contributed by atoms with van der Waals surface area (Å²) in [4.78, 5) is 14.1. The number of carbonyl (C=O) groups is 1. The quantitative estimate of drug-likeness (QED) is 0.827. The van der Waals surface area contributed by atoms with E-state index in [2.05, 4.69) is 34.7 Å². The standard InChI is InChI=1S/C13H24N6O/c1-4-8-18(9-5-2)13(20)14-10(3)12-15-16-17-19(12)11-6-7-11/h10-11H,4-9H2,1-3H3,(H,14,20)/t10-/m0/s1. The number of tetrazole rings is 1. The number of amides is 2. The first-order valence-electron chi connectivity index (χ1n) is 7.50. The second-order valence-corrected chi connectivity index (χ2v) is 5.37. The molecule has 1 aliphatic carbocycles. The molecule has 1 atom stereocenters. The molecule has 1 fully saturated rings. The summed E-state index contributed by atoms with van der Waals surface area (Å²) in [5.41, 5.74) is 0. The summed E-state index contributed by atoms with van der Waals surface area (Å²) in [6, 6.07) is 0.211. The fourth-order valence-electron chi connectivity index (χ4n) is 2.26. The van der Waals surface area contributed by atoms with Crippen LogP contribution >= 0.6 is 0 Å². The van der Waals surface area contributed by atoms with Gasteiger partial charge in [0.25, 0.3) is 0 Å². The number of nitrogens with zero attached hydrogens (tertiary/aromatic N) is 5. The van der Waals surface area contributed by atoms with Crippen LogP contribution in [0, 0.1) is 0 Å². The van der Waals surface area contributed by atoms with Crippen LogP contribution in [0.15, 0.2) is 0 Å². The smallest absolute Gasteiger partial charge is 0.317 e. The molecule has 1 N–H and O–H groups in total. The van der Waals surface area contributed by atoms with Crippen molar-refractivity contribution in [1.82, 2.24) is 30.4 Å². The summed E-state index contributed by atoms with van der Waals surface area (Å²) in [6.07, 6.45) is 4.16. The van der Waals surface area contributed by atoms with Crippen LogP contribution in [0.2, 0.25) is 0 Å². The van der Waals surface area contributed by atoms with Crippen LogP contribution in [-0.2, 0) is 0 Å². The minimum Gasteiger partial charge on any atom is -0.328 e. The Labute approximate surface area is 119 Å². The maximum Gasteiger partial charge on any atom is 0.317 e. The monoisotopic (exact) mass is 280 g/mol. The summed E-state index contributed by atoms with van der Waals surface area (Å²) in [5.74, 6) is 0.744. The largest absolute Gasteiger partial charge is 0.328 e. The first-order valence-corrected chi connectivity index (χ1v) is 7.50. The van der Waals surface area contributed by atoms with Crippen molar-refractivity contribution in [1.29, 1.82) is 0 Å². The zero-order valence-corrected chi connectivity index (χ0v) is 12.5. The molecular weight excluding hydrogens is 256 g/mol. The predicted octanol–water partition coefficient (Wildman–Crippen LogP) is 1.90. The van der Waals surface area contributed by atoms with Gasteiger partial charge in [0.2, 0.25) is 0 Å². The minimum absolute atomic E-state index is 0.0356. The van der Waals surface area contributed by atoms with Crippen LogP contribution < -0.4 is 5.32 Å². The van der Waals surface area contributed by atoms with Crippen molar-refractivity contribution in [2.45, 2.75) is 58.5 Å². The fourth-order valence-corrected chi connectivity index (χ4v) is 2.26. The van der Waals surface area contributed by atoms with Gasteiger partial charge in [0, 0.05) is 13.1 Å². The lowest BCUT2D eigenvalue weighted by Gasteiger charge is -2.24. The Morgan fingerprint density at radius 2 is 2.05 bits per heavy atom. The van der Waals surface area contributed by atoms with E-state index in [0.29, 0.717) is 6.04 Å². The van der Waals surface area contributed by atoms with Crippen LogP contribution in [0.5, 0.6) is 0 Å². The van der Waals surface area contributed by atoms with E-state index in [1.807, 2.05) is 16.5 Å². The van der Waals surface area contributed by atoms with Crippen molar-refractivity contribution in [2.75, 3.05) is 13.1 Å². The van der Waals surface area contributed by atoms with Gasteiger partial charge in [-0.05, 0) is 43.0 Å². The molecular formula is C13H24N6O. The molecule has 20 heavy (non-hydrogen) atoms. The average Bonchev–Trinajstić information content (AvgIpc) is 3.15. The SMILES string of the molecule is CCCN(CCC)C(=O)N[C@@H](C)c1nnnn1C1CC1. The van der Waals surface area contributed by atoms with E-state index >= 15 is 0 Å². The molecule has 112 valence electrons. The van der Waals surface area contributed by atoms with E-state index in [4.69, 9.17) is 0 Å². The lowest BCUT2D eigenvalue weighted by atomic mass is 10.3. The third kappa shape index (κ3) is 3.46. The van der Waals surface area contributed by atoms with Gasteiger partial charge in [-0.25, -0.2) is 9.48 Å². The van der Waals surface area contributed by atoms with Gasteiger partial charge >= 0.3 is 6.03 Å². The number of rotatable bonds is 7. The van der Waals surface area contributed by atoms with Gasteiger partial charge in [-0.1, -0.05) is 13.8 Å². The molecule has 7 nitrogen and oxygen atoms in total. The normalized spacial score (nSPS) is 15.9. The molecule has 0 bridgehead atoms. The number of aromatic nitrogens is 4. The number of hydrogen-bond acceptors (Lipinski definition) is 4. The molecule has 1 saturated carbocycles. The molecule has 2 rings (SSSR count). The van der Waals surface area contributed by atoms with Crippen molar-refractivity contribution in [3.63, 3.8) is 0 Å². The lowest BCUT2D eigenvalue weighted by Crippen LogP contribution is -2.42. The zero-order valence-electron chi connectivity index (χ0n) is 12.5. The van der Waals surface area contributed by atoms with Crippen LogP contribution in [0.3, 0.4) is 0 Å². The number of carbonyl (C=O) groups excluding carboxylic acids is 1. The third-order valence-corrected chi connectivity index (χ3v) is 3.41. The molecule has 0 spiro atoms. The van der Waals surface area contributed by atoms with E-state index in [0.717, 1.165) is 44.6 Å². The summed E-state index contributed by atoms with van der Waals surface area (Å²) in [6.45, 7) is 7.64. The molecule has 2 amide bonds. The van der Waals surface area contributed by atoms with Gasteiger partial charge < -0.3 is 10.2 Å². The Balaban J connectivity index is 1.96. The second-order valence-electron chi connectivity index (χ2n) is 5.37. The first-order chi connectivity index (χ1) is 9.67. The summed E-state index contributed by atoms with van der Waals surface area (Å²) >= 11 is 0. The highest BCUT2D eigenvalue weighted by Crippen LogP contribution is 2.35. The zero-order chi connectivity index (χ0) is 14.5. The van der Waals surface area contributed by atoms with Crippen molar-refractivity contribution in [3.05, 3.63) is 5.82 Å². The molecule has 0 aliphatic heterocycles. The first kappa shape index (κ1) is 14.7. The van der Waals surface area contributed by atoms with Gasteiger partial charge in [0.15, 0.2) is 5.82 Å². The maximum absolute atomic E-state index is 12.3. The Hall–Kier alpha value is -1.66. The molecule has 1 aromatic heterocycles. The van der Waals surface area contributed by atoms with Crippen molar-refractivity contribution in [3.8, 4) is 0 Å². The van der Waals surface area contributed by atoms with Crippen LogP contribution in [-0.4, -0.2) is 44.2 Å². The summed E-state index contributed by atoms with van der Waals surface area (Å²) in [7, 11) is 0. The average molecular weight is 280 g/mol. The van der Waals surface area contributed by atoms with E-state index < -0.39 is 0 Å². The molecule has 0 saturated heterocycles. The number of urea groups is 1. The van der Waals surface area contributed by atoms with Crippen molar-refractivity contribution >= 4 is 6.03 Å². The summed E-state index contributed by atoms with van der Waals surface area (Å²) in [5, 5.41) is 14.8. The molecule has 0 radical (unpaired) electrons. The van der Waals surface area contributed by atoms with Gasteiger partial charge in [-0.15, -0.1) is 5.10 Å². The molecule has 1 heterocycles. The third-order valence-electron chi connectivity index (χ3n) is 3.41. The fraction of sp³-hybridized carbons (Fsp3) is 0.846. The summed E-state index contributed by atoms with van der Waals surface area (Å²) < 4.78 is 1.84. The Kier molecular flexibility index (Phi) is 4.92. The molecule has 1 aliphatic rings. The Morgan fingerprint density at radius 1 is 1.40 bits per heavy atom. The molecule has 7 heteroatoms. The van der Waals surface area contributed by atoms with Gasteiger partial charge in [-0.3, -0.25) is 0 Å². The van der Waals surface area contributed by atoms with Gasteiger partial charge in [0.05, 0.1) is 12.1 Å². The topological polar surface area (TPSA) is 75.9 Å². The Morgan fingerprint density at radius 3 is 2.60 bits per heavy atom. The van der Waals surface area contributed by atoms with Crippen molar-refractivity contribution < 1.29 is 4.79 Å². The van der Waals surface area contributed by atoms with Gasteiger partial charge in [0.1, 0.15) is 0 Å². The van der Waals surface area contributed by atoms with E-state index in [1.54, 1.807) is 0 Å². The van der Waals surface area contributed by atoms with E-state index in [1.165, 1.54) is 0 Å². The number of nitrogens with one attached hydrogen (secondary N) is 1. The second kappa shape index (κ2) is 6.67.